The molecule has 1 fully saturated rings. The number of aliphatic hydroxyl groups excluding tert-OH is 3. The van der Waals surface area contributed by atoms with Gasteiger partial charge in [0.1, 0.15) is 12.2 Å². The minimum absolute atomic E-state index is 0.0369. The van der Waals surface area contributed by atoms with Gasteiger partial charge in [0.2, 0.25) is 11.7 Å². The first-order valence-electron chi connectivity index (χ1n) is 12.5. The van der Waals surface area contributed by atoms with E-state index in [0.717, 1.165) is 12.8 Å². The van der Waals surface area contributed by atoms with Gasteiger partial charge < -0.3 is 35.0 Å². The van der Waals surface area contributed by atoms with Crippen molar-refractivity contribution in [3.8, 4) is 11.5 Å². The van der Waals surface area contributed by atoms with Gasteiger partial charge in [0, 0.05) is 31.0 Å². The number of halogens is 1. The van der Waals surface area contributed by atoms with Gasteiger partial charge in [-0.2, -0.15) is 0 Å². The average molecular weight is 630 g/mol. The molecule has 2 amide bonds. The van der Waals surface area contributed by atoms with Crippen LogP contribution in [0.5, 0.6) is 11.5 Å². The highest BCUT2D eigenvalue weighted by atomic mass is 127. The number of ether oxygens (including phenoxy) is 2. The van der Waals surface area contributed by atoms with Crippen LogP contribution in [0.25, 0.3) is 0 Å². The molecule has 0 heterocycles. The molecule has 2 aliphatic carbocycles. The summed E-state index contributed by atoms with van der Waals surface area (Å²) in [4.78, 5) is 40.2. The number of aliphatic hydroxyl groups is 3. The molecule has 10 nitrogen and oxygen atoms in total. The minimum atomic E-state index is -1.23. The number of Topliss-reactive ketones (excluding diaryl/α,β-unsaturated/α-hetero) is 1. The van der Waals surface area contributed by atoms with Gasteiger partial charge in [0.05, 0.1) is 29.9 Å². The number of carbonyl (C=O) groups excluding carboxylic acids is 3. The second kappa shape index (κ2) is 13.5. The fourth-order valence-electron chi connectivity index (χ4n) is 4.93. The number of benzene rings is 1. The number of nitrogens with one attached hydrogen (secondary N) is 1. The topological polar surface area (TPSA) is 146 Å². The van der Waals surface area contributed by atoms with Crippen molar-refractivity contribution in [1.82, 2.24) is 10.2 Å². The molecule has 0 unspecified atom stereocenters. The van der Waals surface area contributed by atoms with Gasteiger partial charge in [0.15, 0.2) is 11.5 Å². The summed E-state index contributed by atoms with van der Waals surface area (Å²) < 4.78 is 12.3. The third kappa shape index (κ3) is 6.81. The number of methoxy groups -OCH3 is 1. The molecule has 3 rings (SSSR count). The Labute approximate surface area is 230 Å². The highest BCUT2D eigenvalue weighted by Gasteiger charge is 2.44. The molecule has 37 heavy (non-hydrogen) atoms. The van der Waals surface area contributed by atoms with E-state index in [1.165, 1.54) is 18.1 Å². The lowest BCUT2D eigenvalue weighted by molar-refractivity contribution is -0.151. The largest absolute Gasteiger partial charge is 0.493 e. The molecular formula is C26H35IN2O8. The summed E-state index contributed by atoms with van der Waals surface area (Å²) in [7, 11) is 1.46. The number of carbonyl (C=O) groups is 3. The van der Waals surface area contributed by atoms with E-state index in [2.05, 4.69) is 5.32 Å². The molecule has 0 spiro atoms. The first-order chi connectivity index (χ1) is 17.7. The molecule has 0 aliphatic heterocycles. The molecule has 11 heteroatoms. The number of nitrogens with zero attached hydrogens (tertiary/aromatic N) is 1. The van der Waals surface area contributed by atoms with Crippen molar-refractivity contribution >= 4 is 40.2 Å². The van der Waals surface area contributed by atoms with Crippen LogP contribution in [0, 0.1) is 3.57 Å². The molecule has 0 radical (unpaired) electrons. The number of hydrogen-bond donors (Lipinski definition) is 4. The van der Waals surface area contributed by atoms with Crippen molar-refractivity contribution in [1.29, 1.82) is 0 Å². The highest BCUT2D eigenvalue weighted by Crippen LogP contribution is 2.38. The summed E-state index contributed by atoms with van der Waals surface area (Å²) in [5.41, 5.74) is 0.904. The summed E-state index contributed by atoms with van der Waals surface area (Å²) >= 11 is 2.04. The summed E-state index contributed by atoms with van der Waals surface area (Å²) in [6, 6.07) is 2.26. The highest BCUT2D eigenvalue weighted by molar-refractivity contribution is 14.1. The zero-order chi connectivity index (χ0) is 27.1. The van der Waals surface area contributed by atoms with Crippen LogP contribution in [0.15, 0.2) is 23.8 Å². The molecule has 0 aromatic heterocycles. The monoisotopic (exact) mass is 630 g/mol. The SMILES string of the molecule is CCC(=O)C(=O)N(C1CCCC1)[C@@H]1CC(C(=O)NCCO)=C[C@H](Oc2c(I)cc(CO)cc2OC)[C@H]1O. The molecule has 4 N–H and O–H groups in total. The zero-order valence-corrected chi connectivity index (χ0v) is 23.3. The van der Waals surface area contributed by atoms with Crippen molar-refractivity contribution < 1.29 is 39.2 Å². The van der Waals surface area contributed by atoms with Crippen molar-refractivity contribution in [2.75, 3.05) is 20.3 Å². The smallest absolute Gasteiger partial charge is 0.290 e. The lowest BCUT2D eigenvalue weighted by Crippen LogP contribution is -2.59. The third-order valence-corrected chi connectivity index (χ3v) is 7.61. The van der Waals surface area contributed by atoms with Crippen LogP contribution in [0.4, 0.5) is 0 Å². The van der Waals surface area contributed by atoms with Crippen LogP contribution < -0.4 is 14.8 Å². The van der Waals surface area contributed by atoms with Crippen molar-refractivity contribution in [2.45, 2.75) is 76.3 Å². The second-order valence-electron chi connectivity index (χ2n) is 9.21. The Morgan fingerprint density at radius 2 is 1.89 bits per heavy atom. The van der Waals surface area contributed by atoms with Crippen LogP contribution in [0.2, 0.25) is 0 Å². The average Bonchev–Trinajstić information content (AvgIpc) is 3.43. The maximum absolute atomic E-state index is 13.3. The summed E-state index contributed by atoms with van der Waals surface area (Å²) in [6.07, 6.45) is 2.55. The molecule has 1 aromatic rings. The number of ketones is 1. The van der Waals surface area contributed by atoms with E-state index in [0.29, 0.717) is 33.5 Å². The molecule has 204 valence electrons. The molecule has 1 aromatic carbocycles. The Morgan fingerprint density at radius 1 is 1.19 bits per heavy atom. The minimum Gasteiger partial charge on any atom is -0.493 e. The van der Waals surface area contributed by atoms with Crippen LogP contribution >= 0.6 is 22.6 Å². The Morgan fingerprint density at radius 3 is 2.49 bits per heavy atom. The Bertz CT molecular complexity index is 1020. The van der Waals surface area contributed by atoms with E-state index in [1.807, 2.05) is 22.6 Å². The molecule has 3 atom stereocenters. The Balaban J connectivity index is 2.03. The van der Waals surface area contributed by atoms with Gasteiger partial charge in [-0.05, 0) is 59.2 Å². The normalized spacial score (nSPS) is 21.8. The van der Waals surface area contributed by atoms with Crippen LogP contribution in [-0.4, -0.2) is 82.4 Å². The van der Waals surface area contributed by atoms with Crippen LogP contribution in [-0.2, 0) is 21.0 Å². The van der Waals surface area contributed by atoms with Gasteiger partial charge >= 0.3 is 0 Å². The summed E-state index contributed by atoms with van der Waals surface area (Å²) in [5, 5.41) is 32.8. The van der Waals surface area contributed by atoms with Gasteiger partial charge in [-0.3, -0.25) is 14.4 Å². The standard InChI is InChI=1S/C26H35IN2O8/c1-3-20(32)26(35)29(17-6-4-5-7-17)19-12-16(25(34)28-8-9-30)13-21(23(19)33)37-24-18(27)10-15(14-31)11-22(24)36-2/h10-11,13,17,19,21,23,30-31,33H,3-9,12,14H2,1-2H3,(H,28,34)/t19-,21+,23+/m1/s1. The van der Waals surface area contributed by atoms with E-state index in [1.54, 1.807) is 19.1 Å². The molecule has 2 aliphatic rings. The number of rotatable bonds is 11. The van der Waals surface area contributed by atoms with Crippen LogP contribution in [0.1, 0.15) is 51.0 Å². The Kier molecular flexibility index (Phi) is 10.7. The maximum atomic E-state index is 13.3. The van der Waals surface area contributed by atoms with Crippen molar-refractivity contribution in [2.24, 2.45) is 0 Å². The van der Waals surface area contributed by atoms with E-state index >= 15 is 0 Å². The number of hydrogen-bond acceptors (Lipinski definition) is 8. The van der Waals surface area contributed by atoms with Gasteiger partial charge in [-0.1, -0.05) is 19.8 Å². The van der Waals surface area contributed by atoms with Gasteiger partial charge in [-0.25, -0.2) is 0 Å². The fourth-order valence-corrected chi connectivity index (χ4v) is 5.72. The predicted molar refractivity (Wildman–Crippen MR) is 143 cm³/mol. The lowest BCUT2D eigenvalue weighted by atomic mass is 9.87. The first-order valence-corrected chi connectivity index (χ1v) is 13.6. The fraction of sp³-hybridized carbons (Fsp3) is 0.577. The second-order valence-corrected chi connectivity index (χ2v) is 10.4. The first kappa shape index (κ1) is 29.3. The zero-order valence-electron chi connectivity index (χ0n) is 21.1. The van der Waals surface area contributed by atoms with Crippen molar-refractivity contribution in [3.63, 3.8) is 0 Å². The predicted octanol–water partition coefficient (Wildman–Crippen LogP) is 1.46. The van der Waals surface area contributed by atoms with Gasteiger partial charge in [0.25, 0.3) is 5.91 Å². The molecule has 0 saturated heterocycles. The summed E-state index contributed by atoms with van der Waals surface area (Å²) in [6.45, 7) is 1.23. The maximum Gasteiger partial charge on any atom is 0.290 e. The van der Waals surface area contributed by atoms with E-state index in [9.17, 15) is 24.6 Å². The molecular weight excluding hydrogens is 595 g/mol. The molecule has 0 bridgehead atoms. The van der Waals surface area contributed by atoms with E-state index < -0.39 is 35.8 Å². The number of amides is 2. The van der Waals surface area contributed by atoms with E-state index in [4.69, 9.17) is 14.6 Å². The quantitative estimate of drug-likeness (QED) is 0.213. The molecule has 1 saturated carbocycles. The third-order valence-electron chi connectivity index (χ3n) is 6.81. The lowest BCUT2D eigenvalue weighted by Gasteiger charge is -2.43. The van der Waals surface area contributed by atoms with Crippen LogP contribution in [0.3, 0.4) is 0 Å². The van der Waals surface area contributed by atoms with E-state index in [-0.39, 0.29) is 44.2 Å². The summed E-state index contributed by atoms with van der Waals surface area (Å²) in [5.74, 6) is -0.992. The van der Waals surface area contributed by atoms with Crippen molar-refractivity contribution in [3.05, 3.63) is 32.9 Å². The van der Waals surface area contributed by atoms with Gasteiger partial charge in [-0.15, -0.1) is 0 Å². The Hall–Kier alpha value is -2.22.